The highest BCUT2D eigenvalue weighted by Crippen LogP contribution is 2.17. The van der Waals surface area contributed by atoms with Crippen molar-refractivity contribution in [2.45, 2.75) is 58.1 Å². The number of aromatic nitrogens is 1. The minimum atomic E-state index is -0.862. The van der Waals surface area contributed by atoms with Gasteiger partial charge in [0.1, 0.15) is 5.69 Å². The largest absolute Gasteiger partial charge is 0.448 e. The Hall–Kier alpha value is -2.11. The van der Waals surface area contributed by atoms with Gasteiger partial charge in [0.15, 0.2) is 11.9 Å². The third-order valence-corrected chi connectivity index (χ3v) is 3.91. The van der Waals surface area contributed by atoms with Crippen LogP contribution in [0.2, 0.25) is 0 Å². The highest BCUT2D eigenvalue weighted by atomic mass is 16.5. The molecule has 1 aromatic rings. The maximum Gasteiger partial charge on any atom is 0.355 e. The van der Waals surface area contributed by atoms with Crippen molar-refractivity contribution in [3.05, 3.63) is 23.5 Å². The number of aromatic amines is 1. The van der Waals surface area contributed by atoms with E-state index in [9.17, 15) is 14.4 Å². The van der Waals surface area contributed by atoms with Crippen molar-refractivity contribution in [3.8, 4) is 0 Å². The highest BCUT2D eigenvalue weighted by Gasteiger charge is 2.23. The summed E-state index contributed by atoms with van der Waals surface area (Å²) in [7, 11) is 0. The van der Waals surface area contributed by atoms with Crippen LogP contribution < -0.4 is 5.32 Å². The second-order valence-electron chi connectivity index (χ2n) is 5.75. The molecule has 0 spiro atoms. The van der Waals surface area contributed by atoms with Crippen LogP contribution in [0.1, 0.15) is 66.8 Å². The molecule has 0 bridgehead atoms. The minimum absolute atomic E-state index is 0.140. The van der Waals surface area contributed by atoms with E-state index in [1.54, 1.807) is 6.92 Å². The summed E-state index contributed by atoms with van der Waals surface area (Å²) in [6, 6.07) is 1.60. The third-order valence-electron chi connectivity index (χ3n) is 3.91. The fourth-order valence-corrected chi connectivity index (χ4v) is 2.56. The average Bonchev–Trinajstić information content (AvgIpc) is 2.98. The molecular weight excluding hydrogens is 284 g/mol. The summed E-state index contributed by atoms with van der Waals surface area (Å²) in [5, 5.41) is 2.92. The molecule has 1 fully saturated rings. The third kappa shape index (κ3) is 4.19. The molecule has 1 aliphatic carbocycles. The van der Waals surface area contributed by atoms with Crippen LogP contribution in [-0.4, -0.2) is 34.8 Å². The topological polar surface area (TPSA) is 88.3 Å². The van der Waals surface area contributed by atoms with Gasteiger partial charge < -0.3 is 15.0 Å². The van der Waals surface area contributed by atoms with Crippen molar-refractivity contribution in [2.75, 3.05) is 0 Å². The summed E-state index contributed by atoms with van der Waals surface area (Å²) in [5.74, 6) is -1.06. The second kappa shape index (κ2) is 7.24. The zero-order valence-corrected chi connectivity index (χ0v) is 13.0. The van der Waals surface area contributed by atoms with E-state index in [4.69, 9.17) is 4.74 Å². The second-order valence-corrected chi connectivity index (χ2v) is 5.75. The molecule has 6 nitrogen and oxygen atoms in total. The molecule has 1 saturated carbocycles. The molecule has 22 heavy (non-hydrogen) atoms. The first-order valence-electron chi connectivity index (χ1n) is 7.68. The van der Waals surface area contributed by atoms with Crippen molar-refractivity contribution < 1.29 is 19.1 Å². The normalized spacial score (nSPS) is 16.8. The van der Waals surface area contributed by atoms with Gasteiger partial charge in [-0.05, 0) is 32.8 Å². The van der Waals surface area contributed by atoms with E-state index in [-0.39, 0.29) is 23.4 Å². The van der Waals surface area contributed by atoms with E-state index in [1.807, 2.05) is 0 Å². The summed E-state index contributed by atoms with van der Waals surface area (Å²) in [4.78, 5) is 37.9. The lowest BCUT2D eigenvalue weighted by Crippen LogP contribution is -2.42. The molecule has 1 aliphatic rings. The van der Waals surface area contributed by atoms with Crippen molar-refractivity contribution in [1.29, 1.82) is 0 Å². The molecule has 1 heterocycles. The lowest BCUT2D eigenvalue weighted by Gasteiger charge is -2.24. The molecule has 0 saturated heterocycles. The lowest BCUT2D eigenvalue weighted by molar-refractivity contribution is -0.130. The fourth-order valence-electron chi connectivity index (χ4n) is 2.56. The molecule has 1 amide bonds. The minimum Gasteiger partial charge on any atom is -0.448 e. The van der Waals surface area contributed by atoms with E-state index < -0.39 is 12.1 Å². The number of Topliss-reactive ketones (excluding diaryl/α,β-unsaturated/α-hetero) is 1. The van der Waals surface area contributed by atoms with Crippen molar-refractivity contribution in [3.63, 3.8) is 0 Å². The van der Waals surface area contributed by atoms with E-state index >= 15 is 0 Å². The van der Waals surface area contributed by atoms with Crippen LogP contribution in [0.3, 0.4) is 0 Å². The predicted octanol–water partition coefficient (Wildman–Crippen LogP) is 2.21. The van der Waals surface area contributed by atoms with Gasteiger partial charge in [-0.15, -0.1) is 0 Å². The van der Waals surface area contributed by atoms with Crippen LogP contribution >= 0.6 is 0 Å². The Balaban J connectivity index is 1.86. The van der Waals surface area contributed by atoms with E-state index in [1.165, 1.54) is 25.6 Å². The van der Waals surface area contributed by atoms with Gasteiger partial charge in [-0.25, -0.2) is 4.79 Å². The van der Waals surface area contributed by atoms with E-state index in [0.717, 1.165) is 25.7 Å². The standard InChI is InChI=1S/C16H22N2O4/c1-10(19)12-8-14(17-9-12)16(21)22-11(2)15(20)18-13-6-4-3-5-7-13/h8-9,11,13,17H,3-7H2,1-2H3,(H,18,20)/t11-/m1/s1. The van der Waals surface area contributed by atoms with Crippen molar-refractivity contribution in [1.82, 2.24) is 10.3 Å². The quantitative estimate of drug-likeness (QED) is 0.645. The molecule has 0 aromatic carbocycles. The predicted molar refractivity (Wildman–Crippen MR) is 80.7 cm³/mol. The summed E-state index contributed by atoms with van der Waals surface area (Å²) in [6.07, 6.45) is 5.99. The number of carbonyl (C=O) groups excluding carboxylic acids is 3. The van der Waals surface area contributed by atoms with Crippen LogP contribution in [0.4, 0.5) is 0 Å². The molecular formula is C16H22N2O4. The molecule has 0 unspecified atom stereocenters. The number of hydrogen-bond donors (Lipinski definition) is 2. The number of rotatable bonds is 5. The Labute approximate surface area is 129 Å². The smallest absolute Gasteiger partial charge is 0.355 e. The lowest BCUT2D eigenvalue weighted by atomic mass is 9.95. The molecule has 0 radical (unpaired) electrons. The number of carbonyl (C=O) groups is 3. The Morgan fingerprint density at radius 3 is 2.55 bits per heavy atom. The SMILES string of the molecule is CC(=O)c1c[nH]c(C(=O)O[C@H](C)C(=O)NC2CCCCC2)c1. The Morgan fingerprint density at radius 2 is 1.95 bits per heavy atom. The van der Waals surface area contributed by atoms with Gasteiger partial charge in [0.25, 0.3) is 5.91 Å². The first-order chi connectivity index (χ1) is 10.5. The van der Waals surface area contributed by atoms with Gasteiger partial charge >= 0.3 is 5.97 Å². The number of nitrogens with one attached hydrogen (secondary N) is 2. The number of hydrogen-bond acceptors (Lipinski definition) is 4. The van der Waals surface area contributed by atoms with Gasteiger partial charge in [0, 0.05) is 17.8 Å². The van der Waals surface area contributed by atoms with Crippen LogP contribution in [0.15, 0.2) is 12.3 Å². The van der Waals surface area contributed by atoms with E-state index in [0.29, 0.717) is 5.56 Å². The monoisotopic (exact) mass is 306 g/mol. The highest BCUT2D eigenvalue weighted by molar-refractivity contribution is 5.98. The van der Waals surface area contributed by atoms with Crippen molar-refractivity contribution >= 4 is 17.7 Å². The Morgan fingerprint density at radius 1 is 1.27 bits per heavy atom. The molecule has 1 atom stereocenters. The summed E-state index contributed by atoms with van der Waals surface area (Å²) < 4.78 is 5.14. The first kappa shape index (κ1) is 16.3. The van der Waals surface area contributed by atoms with Crippen LogP contribution in [0, 0.1) is 0 Å². The summed E-state index contributed by atoms with van der Waals surface area (Å²) in [6.45, 7) is 2.96. The van der Waals surface area contributed by atoms with Gasteiger partial charge in [0.2, 0.25) is 0 Å². The van der Waals surface area contributed by atoms with Gasteiger partial charge in [-0.2, -0.15) is 0 Å². The average molecular weight is 306 g/mol. The molecule has 6 heteroatoms. The van der Waals surface area contributed by atoms with Crippen LogP contribution in [-0.2, 0) is 9.53 Å². The molecule has 1 aromatic heterocycles. The number of esters is 1. The molecule has 2 N–H and O–H groups in total. The maximum absolute atomic E-state index is 12.0. The first-order valence-corrected chi connectivity index (χ1v) is 7.68. The Kier molecular flexibility index (Phi) is 5.35. The zero-order valence-electron chi connectivity index (χ0n) is 13.0. The van der Waals surface area contributed by atoms with Crippen LogP contribution in [0.5, 0.6) is 0 Å². The van der Waals surface area contributed by atoms with E-state index in [2.05, 4.69) is 10.3 Å². The zero-order chi connectivity index (χ0) is 16.1. The number of ketones is 1. The summed E-state index contributed by atoms with van der Waals surface area (Å²) >= 11 is 0. The van der Waals surface area contributed by atoms with Crippen LogP contribution in [0.25, 0.3) is 0 Å². The number of amides is 1. The Bertz CT molecular complexity index is 558. The van der Waals surface area contributed by atoms with Gasteiger partial charge in [-0.1, -0.05) is 19.3 Å². The number of H-pyrrole nitrogens is 1. The number of ether oxygens (including phenoxy) is 1. The molecule has 0 aliphatic heterocycles. The van der Waals surface area contributed by atoms with Gasteiger partial charge in [0.05, 0.1) is 0 Å². The van der Waals surface area contributed by atoms with Gasteiger partial charge in [-0.3, -0.25) is 9.59 Å². The molecule has 120 valence electrons. The molecule has 2 rings (SSSR count). The maximum atomic E-state index is 12.0. The van der Waals surface area contributed by atoms with Crippen molar-refractivity contribution in [2.24, 2.45) is 0 Å². The summed E-state index contributed by atoms with van der Waals surface area (Å²) in [5.41, 5.74) is 0.578. The fraction of sp³-hybridized carbons (Fsp3) is 0.562.